The molecule has 0 spiro atoms. The third-order valence-electron chi connectivity index (χ3n) is 0.390. The minimum atomic E-state index is -0.963. The van der Waals surface area contributed by atoms with E-state index in [1.165, 1.54) is 20.8 Å². The van der Waals surface area contributed by atoms with Crippen LogP contribution in [0.4, 0.5) is 0 Å². The fourth-order valence-corrected chi connectivity index (χ4v) is 0. The van der Waals surface area contributed by atoms with Crippen LogP contribution in [0.3, 0.4) is 0 Å². The molecule has 0 aromatic heterocycles. The van der Waals surface area contributed by atoms with E-state index in [1.807, 2.05) is 0 Å². The van der Waals surface area contributed by atoms with Gasteiger partial charge in [-0.3, -0.25) is 4.79 Å². The molecule has 4 heteroatoms. The normalized spacial score (nSPS) is 10.8. The van der Waals surface area contributed by atoms with Gasteiger partial charge in [-0.05, 0) is 20.8 Å². The Morgan fingerprint density at radius 1 is 1.40 bits per heavy atom. The second-order valence-corrected chi connectivity index (χ2v) is 2.04. The molecule has 0 bridgehead atoms. The van der Waals surface area contributed by atoms with Gasteiger partial charge in [-0.25, -0.2) is 0 Å². The lowest BCUT2D eigenvalue weighted by molar-refractivity contribution is -0.138. The van der Waals surface area contributed by atoms with E-state index in [0.29, 0.717) is 0 Å². The SMILES string of the molecule is CC(C)=O.C[C@H](N)C(=O)O. The van der Waals surface area contributed by atoms with E-state index >= 15 is 0 Å². The molecule has 60 valence electrons. The van der Waals surface area contributed by atoms with Crippen LogP contribution in [-0.2, 0) is 9.59 Å². The maximum Gasteiger partial charge on any atom is 0.320 e. The zero-order valence-corrected chi connectivity index (χ0v) is 6.42. The Hall–Kier alpha value is -0.900. The molecule has 0 amide bonds. The van der Waals surface area contributed by atoms with Crippen LogP contribution in [0.5, 0.6) is 0 Å². The molecule has 0 saturated carbocycles. The van der Waals surface area contributed by atoms with Gasteiger partial charge < -0.3 is 15.6 Å². The second-order valence-electron chi connectivity index (χ2n) is 2.04. The fraction of sp³-hybridized carbons (Fsp3) is 0.667. The maximum absolute atomic E-state index is 9.57. The Labute approximate surface area is 60.0 Å². The number of carbonyl (C=O) groups excluding carboxylic acids is 1. The third-order valence-corrected chi connectivity index (χ3v) is 0.390. The summed E-state index contributed by atoms with van der Waals surface area (Å²) in [6, 6.07) is -0.731. The third kappa shape index (κ3) is 27.5. The topological polar surface area (TPSA) is 80.4 Å². The molecule has 0 radical (unpaired) electrons. The van der Waals surface area contributed by atoms with E-state index in [0.717, 1.165) is 0 Å². The molecular weight excluding hydrogens is 134 g/mol. The Balaban J connectivity index is 0. The van der Waals surface area contributed by atoms with Crippen LogP contribution in [0.1, 0.15) is 20.8 Å². The van der Waals surface area contributed by atoms with Crippen LogP contribution in [0.15, 0.2) is 0 Å². The summed E-state index contributed by atoms with van der Waals surface area (Å²) in [5.74, 6) is -0.796. The zero-order chi connectivity index (χ0) is 8.73. The maximum atomic E-state index is 9.57. The van der Waals surface area contributed by atoms with E-state index < -0.39 is 12.0 Å². The number of hydrogen-bond acceptors (Lipinski definition) is 3. The van der Waals surface area contributed by atoms with Gasteiger partial charge in [-0.15, -0.1) is 0 Å². The molecule has 3 N–H and O–H groups in total. The van der Waals surface area contributed by atoms with E-state index in [-0.39, 0.29) is 5.78 Å². The van der Waals surface area contributed by atoms with E-state index in [9.17, 15) is 9.59 Å². The summed E-state index contributed by atoms with van der Waals surface area (Å²) in [5, 5.41) is 7.87. The largest absolute Gasteiger partial charge is 0.480 e. The number of Topliss-reactive ketones (excluding diaryl/α,β-unsaturated/α-hetero) is 1. The first-order chi connectivity index (χ1) is 4.37. The van der Waals surface area contributed by atoms with Crippen LogP contribution >= 0.6 is 0 Å². The zero-order valence-electron chi connectivity index (χ0n) is 6.42. The molecular formula is C6H13NO3. The summed E-state index contributed by atoms with van der Waals surface area (Å²) < 4.78 is 0. The van der Waals surface area contributed by atoms with Gasteiger partial charge >= 0.3 is 5.97 Å². The predicted octanol–water partition coefficient (Wildman–Crippen LogP) is 0.0135. The quantitative estimate of drug-likeness (QED) is 0.547. The molecule has 0 aliphatic rings. The number of aliphatic carboxylic acids is 1. The number of rotatable bonds is 1. The van der Waals surface area contributed by atoms with Gasteiger partial charge in [0.05, 0.1) is 0 Å². The van der Waals surface area contributed by atoms with Crippen molar-refractivity contribution in [1.82, 2.24) is 0 Å². The molecule has 0 aromatic rings. The van der Waals surface area contributed by atoms with E-state index in [4.69, 9.17) is 10.8 Å². The number of nitrogens with two attached hydrogens (primary N) is 1. The minimum absolute atomic E-state index is 0.167. The van der Waals surface area contributed by atoms with Gasteiger partial charge in [0.15, 0.2) is 0 Å². The monoisotopic (exact) mass is 147 g/mol. The number of carboxylic acid groups (broad SMARTS) is 1. The van der Waals surface area contributed by atoms with Crippen molar-refractivity contribution in [3.8, 4) is 0 Å². The molecule has 0 aliphatic heterocycles. The molecule has 4 nitrogen and oxygen atoms in total. The summed E-state index contributed by atoms with van der Waals surface area (Å²) in [5.41, 5.74) is 4.84. The highest BCUT2D eigenvalue weighted by Gasteiger charge is 1.99. The van der Waals surface area contributed by atoms with Gasteiger partial charge in [0.1, 0.15) is 11.8 Å². The second kappa shape index (κ2) is 6.22. The Morgan fingerprint density at radius 2 is 1.50 bits per heavy atom. The summed E-state index contributed by atoms with van der Waals surface area (Å²) in [6.07, 6.45) is 0. The lowest BCUT2D eigenvalue weighted by atomic mass is 10.4. The number of carboxylic acids is 1. The smallest absolute Gasteiger partial charge is 0.320 e. The number of ketones is 1. The Morgan fingerprint density at radius 3 is 1.50 bits per heavy atom. The van der Waals surface area contributed by atoms with Crippen molar-refractivity contribution in [1.29, 1.82) is 0 Å². The average Bonchev–Trinajstić information content (AvgIpc) is 1.63. The van der Waals surface area contributed by atoms with Crippen molar-refractivity contribution >= 4 is 11.8 Å². The van der Waals surface area contributed by atoms with Crippen molar-refractivity contribution in [2.75, 3.05) is 0 Å². The number of carbonyl (C=O) groups is 2. The van der Waals surface area contributed by atoms with E-state index in [2.05, 4.69) is 0 Å². The van der Waals surface area contributed by atoms with Gasteiger partial charge in [0.25, 0.3) is 0 Å². The predicted molar refractivity (Wildman–Crippen MR) is 37.6 cm³/mol. The molecule has 10 heavy (non-hydrogen) atoms. The first-order valence-electron chi connectivity index (χ1n) is 2.83. The van der Waals surface area contributed by atoms with Crippen LogP contribution < -0.4 is 5.73 Å². The molecule has 0 fully saturated rings. The van der Waals surface area contributed by atoms with Crippen molar-refractivity contribution < 1.29 is 14.7 Å². The summed E-state index contributed by atoms with van der Waals surface area (Å²) in [6.45, 7) is 4.47. The molecule has 0 aromatic carbocycles. The van der Waals surface area contributed by atoms with Gasteiger partial charge in [0, 0.05) is 0 Å². The molecule has 0 aliphatic carbocycles. The van der Waals surface area contributed by atoms with Crippen molar-refractivity contribution in [3.05, 3.63) is 0 Å². The van der Waals surface area contributed by atoms with Crippen molar-refractivity contribution in [2.45, 2.75) is 26.8 Å². The van der Waals surface area contributed by atoms with Crippen LogP contribution in [-0.4, -0.2) is 22.9 Å². The van der Waals surface area contributed by atoms with Crippen LogP contribution in [0, 0.1) is 0 Å². The summed E-state index contributed by atoms with van der Waals surface area (Å²) >= 11 is 0. The van der Waals surface area contributed by atoms with Gasteiger partial charge in [-0.2, -0.15) is 0 Å². The molecule has 0 heterocycles. The number of hydrogen-bond donors (Lipinski definition) is 2. The Kier molecular flexibility index (Phi) is 7.37. The standard InChI is InChI=1S/C3H7NO2.C3H6O/c1-2(4)3(5)6;1-3(2)4/h2H,4H2,1H3,(H,5,6);1-2H3/t2-;/m0./s1. The lowest BCUT2D eigenvalue weighted by Gasteiger charge is -1.90. The molecule has 0 unspecified atom stereocenters. The van der Waals surface area contributed by atoms with Crippen molar-refractivity contribution in [2.24, 2.45) is 5.73 Å². The van der Waals surface area contributed by atoms with Crippen LogP contribution in [0.25, 0.3) is 0 Å². The highest BCUT2D eigenvalue weighted by atomic mass is 16.4. The average molecular weight is 147 g/mol. The first kappa shape index (κ1) is 11.8. The summed E-state index contributed by atoms with van der Waals surface area (Å²) in [7, 11) is 0. The van der Waals surface area contributed by atoms with Gasteiger partial charge in [0.2, 0.25) is 0 Å². The van der Waals surface area contributed by atoms with Gasteiger partial charge in [-0.1, -0.05) is 0 Å². The summed E-state index contributed by atoms with van der Waals surface area (Å²) in [4.78, 5) is 19.0. The first-order valence-corrected chi connectivity index (χ1v) is 2.83. The van der Waals surface area contributed by atoms with Crippen LogP contribution in [0.2, 0.25) is 0 Å². The Bertz CT molecular complexity index is 116. The highest BCUT2D eigenvalue weighted by molar-refractivity contribution is 5.72. The fourth-order valence-electron chi connectivity index (χ4n) is 0. The molecule has 0 saturated heterocycles. The lowest BCUT2D eigenvalue weighted by Crippen LogP contribution is -2.25. The molecule has 1 atom stereocenters. The van der Waals surface area contributed by atoms with Crippen molar-refractivity contribution in [3.63, 3.8) is 0 Å². The minimum Gasteiger partial charge on any atom is -0.480 e. The molecule has 0 rings (SSSR count). The highest BCUT2D eigenvalue weighted by Crippen LogP contribution is 1.68. The van der Waals surface area contributed by atoms with E-state index in [1.54, 1.807) is 0 Å².